The summed E-state index contributed by atoms with van der Waals surface area (Å²) < 4.78 is 33.4. The van der Waals surface area contributed by atoms with Gasteiger partial charge in [-0.25, -0.2) is 8.42 Å². The SMILES string of the molecule is CCCC(CCCCCCCCCCCCCC(C)O)S(=O)(=O)[O-].[K+]. The zero-order valence-electron chi connectivity index (χ0n) is 16.8. The van der Waals surface area contributed by atoms with E-state index >= 15 is 0 Å². The molecule has 0 aromatic carbocycles. The van der Waals surface area contributed by atoms with Crippen molar-refractivity contribution in [3.8, 4) is 0 Å². The minimum atomic E-state index is -4.11. The summed E-state index contributed by atoms with van der Waals surface area (Å²) in [4.78, 5) is 0. The maximum absolute atomic E-state index is 11.1. The van der Waals surface area contributed by atoms with Crippen LogP contribution in [-0.2, 0) is 10.1 Å². The Bertz CT molecular complexity index is 372. The average Bonchev–Trinajstić information content (AvgIpc) is 2.49. The molecule has 6 heteroatoms. The van der Waals surface area contributed by atoms with Crippen LogP contribution in [0.15, 0.2) is 0 Å². The fraction of sp³-hybridized carbons (Fsp3) is 1.00. The molecule has 0 aromatic heterocycles. The van der Waals surface area contributed by atoms with Gasteiger partial charge in [-0.15, -0.1) is 0 Å². The van der Waals surface area contributed by atoms with E-state index in [1.807, 2.05) is 13.8 Å². The summed E-state index contributed by atoms with van der Waals surface area (Å²) in [5.74, 6) is 0. The van der Waals surface area contributed by atoms with Crippen molar-refractivity contribution >= 4 is 10.1 Å². The summed E-state index contributed by atoms with van der Waals surface area (Å²) in [5, 5.41) is 8.50. The number of hydrogen-bond acceptors (Lipinski definition) is 4. The minimum absolute atomic E-state index is 0. The van der Waals surface area contributed by atoms with Crippen molar-refractivity contribution in [2.24, 2.45) is 0 Å². The van der Waals surface area contributed by atoms with Gasteiger partial charge in [-0.3, -0.25) is 0 Å². The van der Waals surface area contributed by atoms with Crippen LogP contribution < -0.4 is 51.4 Å². The van der Waals surface area contributed by atoms with Crippen molar-refractivity contribution in [2.75, 3.05) is 0 Å². The molecule has 146 valence electrons. The molecule has 0 rings (SSSR count). The number of aliphatic hydroxyl groups is 1. The zero-order chi connectivity index (χ0) is 18.3. The molecule has 0 aliphatic carbocycles. The van der Waals surface area contributed by atoms with Gasteiger partial charge in [0.05, 0.1) is 16.2 Å². The summed E-state index contributed by atoms with van der Waals surface area (Å²) in [5.41, 5.74) is 0. The molecule has 0 aromatic rings. The molecular weight excluding hydrogens is 363 g/mol. The zero-order valence-corrected chi connectivity index (χ0v) is 20.8. The Morgan fingerprint density at radius 3 is 1.44 bits per heavy atom. The number of aliphatic hydroxyl groups excluding tert-OH is 1. The second kappa shape index (κ2) is 18.9. The summed E-state index contributed by atoms with van der Waals surface area (Å²) in [6.07, 6.45) is 15.6. The number of rotatable bonds is 17. The van der Waals surface area contributed by atoms with E-state index < -0.39 is 15.4 Å². The van der Waals surface area contributed by atoms with Gasteiger partial charge in [0, 0.05) is 5.25 Å². The van der Waals surface area contributed by atoms with Gasteiger partial charge in [-0.05, 0) is 26.2 Å². The first-order valence-corrected chi connectivity index (χ1v) is 11.5. The van der Waals surface area contributed by atoms with Crippen molar-refractivity contribution < 1.29 is 69.5 Å². The summed E-state index contributed by atoms with van der Waals surface area (Å²) in [7, 11) is -4.11. The van der Waals surface area contributed by atoms with Gasteiger partial charge < -0.3 is 9.66 Å². The van der Waals surface area contributed by atoms with E-state index in [0.717, 1.165) is 38.5 Å². The Labute approximate surface area is 199 Å². The molecule has 0 radical (unpaired) electrons. The molecule has 0 aliphatic rings. The molecule has 0 aliphatic heterocycles. The Morgan fingerprint density at radius 1 is 0.760 bits per heavy atom. The van der Waals surface area contributed by atoms with E-state index in [1.54, 1.807) is 0 Å². The first kappa shape index (κ1) is 28.7. The van der Waals surface area contributed by atoms with Crippen LogP contribution >= 0.6 is 0 Å². The molecule has 4 nitrogen and oxygen atoms in total. The number of hydrogen-bond donors (Lipinski definition) is 1. The van der Waals surface area contributed by atoms with E-state index in [0.29, 0.717) is 12.8 Å². The molecule has 0 spiro atoms. The van der Waals surface area contributed by atoms with Gasteiger partial charge in [0.2, 0.25) is 0 Å². The molecule has 0 amide bonds. The van der Waals surface area contributed by atoms with Crippen LogP contribution in [0.2, 0.25) is 0 Å². The maximum Gasteiger partial charge on any atom is 1.00 e. The molecule has 0 bridgehead atoms. The van der Waals surface area contributed by atoms with Crippen LogP contribution in [0, 0.1) is 0 Å². The van der Waals surface area contributed by atoms with E-state index in [1.165, 1.54) is 44.9 Å². The Balaban J connectivity index is 0. The molecule has 2 unspecified atom stereocenters. The molecule has 0 fully saturated rings. The van der Waals surface area contributed by atoms with Gasteiger partial charge in [-0.2, -0.15) is 0 Å². The average molecular weight is 403 g/mol. The van der Waals surface area contributed by atoms with E-state index in [-0.39, 0.29) is 57.5 Å². The molecule has 0 heterocycles. The fourth-order valence-electron chi connectivity index (χ4n) is 3.16. The Morgan fingerprint density at radius 2 is 1.12 bits per heavy atom. The molecule has 0 saturated heterocycles. The molecule has 0 saturated carbocycles. The normalized spacial score (nSPS) is 14.1. The van der Waals surface area contributed by atoms with Gasteiger partial charge in [-0.1, -0.05) is 84.0 Å². The third kappa shape index (κ3) is 20.1. The largest absolute Gasteiger partial charge is 1.00 e. The Hall–Kier alpha value is 1.51. The van der Waals surface area contributed by atoms with Gasteiger partial charge in [0.1, 0.15) is 0 Å². The second-order valence-corrected chi connectivity index (χ2v) is 8.87. The third-order valence-corrected chi connectivity index (χ3v) is 5.95. The standard InChI is InChI=1S/C19H40O4S.K/c1-3-15-19(24(21,22)23)17-14-12-10-8-6-4-5-7-9-11-13-16-18(2)20;/h18-20H,3-17H2,1-2H3,(H,21,22,23);/q;+1/p-1. The fourth-order valence-corrected chi connectivity index (χ4v) is 4.14. The van der Waals surface area contributed by atoms with E-state index in [4.69, 9.17) is 5.11 Å². The monoisotopic (exact) mass is 402 g/mol. The van der Waals surface area contributed by atoms with Crippen molar-refractivity contribution in [1.82, 2.24) is 0 Å². The molecule has 2 atom stereocenters. The molecular formula is C19H39KO4S. The van der Waals surface area contributed by atoms with Gasteiger partial charge >= 0.3 is 51.4 Å². The molecule has 1 N–H and O–H groups in total. The van der Waals surface area contributed by atoms with E-state index in [9.17, 15) is 13.0 Å². The van der Waals surface area contributed by atoms with Crippen molar-refractivity contribution in [2.45, 2.75) is 122 Å². The van der Waals surface area contributed by atoms with Crippen LogP contribution in [0.1, 0.15) is 110 Å². The third-order valence-electron chi connectivity index (χ3n) is 4.67. The van der Waals surface area contributed by atoms with Crippen LogP contribution in [0.5, 0.6) is 0 Å². The second-order valence-electron chi connectivity index (χ2n) is 7.22. The first-order valence-electron chi connectivity index (χ1n) is 10.0. The van der Waals surface area contributed by atoms with Crippen molar-refractivity contribution in [3.63, 3.8) is 0 Å². The predicted octanol–water partition coefficient (Wildman–Crippen LogP) is 2.16. The van der Waals surface area contributed by atoms with Gasteiger partial charge in [0.25, 0.3) is 0 Å². The smallest absolute Gasteiger partial charge is 0.748 e. The minimum Gasteiger partial charge on any atom is -0.748 e. The predicted molar refractivity (Wildman–Crippen MR) is 100 cm³/mol. The van der Waals surface area contributed by atoms with Crippen LogP contribution in [0.25, 0.3) is 0 Å². The van der Waals surface area contributed by atoms with Crippen molar-refractivity contribution in [1.29, 1.82) is 0 Å². The Kier molecular flexibility index (Phi) is 21.7. The summed E-state index contributed by atoms with van der Waals surface area (Å²) in [6, 6.07) is 0. The van der Waals surface area contributed by atoms with Crippen LogP contribution in [0.3, 0.4) is 0 Å². The summed E-state index contributed by atoms with van der Waals surface area (Å²) in [6.45, 7) is 3.77. The molecule has 25 heavy (non-hydrogen) atoms. The van der Waals surface area contributed by atoms with Crippen LogP contribution in [-0.4, -0.2) is 29.4 Å². The maximum atomic E-state index is 11.1. The topological polar surface area (TPSA) is 77.4 Å². The van der Waals surface area contributed by atoms with E-state index in [2.05, 4.69) is 0 Å². The quantitative estimate of drug-likeness (QED) is 0.230. The van der Waals surface area contributed by atoms with Gasteiger partial charge in [0.15, 0.2) is 0 Å². The van der Waals surface area contributed by atoms with Crippen LogP contribution in [0.4, 0.5) is 0 Å². The number of unbranched alkanes of at least 4 members (excludes halogenated alkanes) is 10. The van der Waals surface area contributed by atoms with Crippen molar-refractivity contribution in [3.05, 3.63) is 0 Å². The first-order chi connectivity index (χ1) is 11.4. The summed E-state index contributed by atoms with van der Waals surface area (Å²) >= 11 is 0.